The minimum absolute atomic E-state index is 0.151. The molecule has 0 bridgehead atoms. The number of ether oxygens (including phenoxy) is 2. The number of halogens is 1. The minimum atomic E-state index is -0.479. The van der Waals surface area contributed by atoms with Crippen LogP contribution >= 0.6 is 0 Å². The highest BCUT2D eigenvalue weighted by Crippen LogP contribution is 2.35. The molecule has 0 spiro atoms. The molecule has 1 N–H and O–H groups in total. The standard InChI is InChI=1S/C25H25FN2O3/c1-30-22-14-18-12-13-28(16-19(18)15-23(22)31-2)24(17-6-4-3-5-7-17)25(29)27-21-10-8-20(26)9-11-21/h3-11,14-15,24H,12-13,16H2,1-2H3,(H,27,29). The average molecular weight is 420 g/mol. The van der Waals surface area contributed by atoms with Crippen molar-refractivity contribution in [1.29, 1.82) is 0 Å². The first-order valence-corrected chi connectivity index (χ1v) is 10.2. The predicted molar refractivity (Wildman–Crippen MR) is 118 cm³/mol. The van der Waals surface area contributed by atoms with Crippen molar-refractivity contribution in [2.75, 3.05) is 26.1 Å². The third-order valence-corrected chi connectivity index (χ3v) is 5.59. The molecule has 1 amide bonds. The number of rotatable bonds is 6. The molecule has 1 aliphatic heterocycles. The fraction of sp³-hybridized carbons (Fsp3) is 0.240. The number of methoxy groups -OCH3 is 2. The van der Waals surface area contributed by atoms with Gasteiger partial charge >= 0.3 is 0 Å². The second-order valence-electron chi connectivity index (χ2n) is 7.51. The van der Waals surface area contributed by atoms with E-state index < -0.39 is 6.04 Å². The molecule has 0 saturated heterocycles. The molecule has 6 heteroatoms. The van der Waals surface area contributed by atoms with E-state index in [0.29, 0.717) is 23.7 Å². The predicted octanol–water partition coefficient (Wildman–Crippen LogP) is 4.58. The van der Waals surface area contributed by atoms with Crippen LogP contribution in [0.3, 0.4) is 0 Å². The Labute approximate surface area is 181 Å². The summed E-state index contributed by atoms with van der Waals surface area (Å²) < 4.78 is 24.1. The third-order valence-electron chi connectivity index (χ3n) is 5.59. The van der Waals surface area contributed by atoms with Gasteiger partial charge in [-0.1, -0.05) is 30.3 Å². The van der Waals surface area contributed by atoms with Crippen LogP contribution in [0.5, 0.6) is 11.5 Å². The molecule has 1 aliphatic rings. The van der Waals surface area contributed by atoms with Gasteiger partial charge in [-0.2, -0.15) is 0 Å². The van der Waals surface area contributed by atoms with Gasteiger partial charge in [0.15, 0.2) is 11.5 Å². The number of carbonyl (C=O) groups is 1. The van der Waals surface area contributed by atoms with Crippen molar-refractivity contribution in [3.8, 4) is 11.5 Å². The SMILES string of the molecule is COc1cc2c(cc1OC)CN(C(C(=O)Nc1ccc(F)cc1)c1ccccc1)CC2. The van der Waals surface area contributed by atoms with Crippen LogP contribution in [0.25, 0.3) is 0 Å². The summed E-state index contributed by atoms with van der Waals surface area (Å²) in [4.78, 5) is 15.5. The summed E-state index contributed by atoms with van der Waals surface area (Å²) in [5, 5.41) is 2.94. The topological polar surface area (TPSA) is 50.8 Å². The number of benzene rings is 3. The van der Waals surface area contributed by atoms with E-state index in [1.54, 1.807) is 26.4 Å². The number of fused-ring (bicyclic) bond motifs is 1. The summed E-state index contributed by atoms with van der Waals surface area (Å²) in [6, 6.07) is 19.0. The van der Waals surface area contributed by atoms with Gasteiger partial charge in [0.1, 0.15) is 11.9 Å². The van der Waals surface area contributed by atoms with Gasteiger partial charge in [-0.3, -0.25) is 9.69 Å². The molecule has 1 unspecified atom stereocenters. The van der Waals surface area contributed by atoms with Crippen molar-refractivity contribution in [2.24, 2.45) is 0 Å². The summed E-state index contributed by atoms with van der Waals surface area (Å²) in [5.74, 6) is 0.898. The fourth-order valence-corrected chi connectivity index (χ4v) is 4.03. The van der Waals surface area contributed by atoms with Crippen LogP contribution in [-0.4, -0.2) is 31.6 Å². The zero-order valence-electron chi connectivity index (χ0n) is 17.6. The van der Waals surface area contributed by atoms with Crippen LogP contribution in [0.2, 0.25) is 0 Å². The Kier molecular flexibility index (Phi) is 6.18. The second kappa shape index (κ2) is 9.18. The normalized spacial score (nSPS) is 14.4. The Bertz CT molecular complexity index is 1050. The largest absolute Gasteiger partial charge is 0.493 e. The van der Waals surface area contributed by atoms with Gasteiger partial charge in [0, 0.05) is 18.8 Å². The van der Waals surface area contributed by atoms with Crippen molar-refractivity contribution in [3.63, 3.8) is 0 Å². The maximum Gasteiger partial charge on any atom is 0.246 e. The quantitative estimate of drug-likeness (QED) is 0.634. The van der Waals surface area contributed by atoms with Gasteiger partial charge in [-0.15, -0.1) is 0 Å². The van der Waals surface area contributed by atoms with Gasteiger partial charge in [-0.05, 0) is 59.5 Å². The van der Waals surface area contributed by atoms with Crippen molar-refractivity contribution in [3.05, 3.63) is 89.2 Å². The van der Waals surface area contributed by atoms with Crippen LogP contribution in [0, 0.1) is 5.82 Å². The molecule has 3 aromatic carbocycles. The van der Waals surface area contributed by atoms with Crippen LogP contribution in [-0.2, 0) is 17.8 Å². The first-order chi connectivity index (χ1) is 15.1. The zero-order valence-corrected chi connectivity index (χ0v) is 17.6. The fourth-order valence-electron chi connectivity index (χ4n) is 4.03. The summed E-state index contributed by atoms with van der Waals surface area (Å²) in [6.07, 6.45) is 0.794. The van der Waals surface area contributed by atoms with E-state index in [2.05, 4.69) is 10.2 Å². The van der Waals surface area contributed by atoms with Crippen LogP contribution < -0.4 is 14.8 Å². The van der Waals surface area contributed by atoms with Gasteiger partial charge in [0.2, 0.25) is 5.91 Å². The van der Waals surface area contributed by atoms with Crippen LogP contribution in [0.1, 0.15) is 22.7 Å². The lowest BCUT2D eigenvalue weighted by Crippen LogP contribution is -2.40. The Morgan fingerprint density at radius 2 is 1.61 bits per heavy atom. The first kappa shape index (κ1) is 20.9. The summed E-state index contributed by atoms with van der Waals surface area (Å²) in [7, 11) is 3.25. The van der Waals surface area contributed by atoms with E-state index in [4.69, 9.17) is 9.47 Å². The van der Waals surface area contributed by atoms with Gasteiger partial charge in [-0.25, -0.2) is 4.39 Å². The van der Waals surface area contributed by atoms with E-state index in [1.165, 1.54) is 17.7 Å². The molecule has 160 valence electrons. The van der Waals surface area contributed by atoms with Crippen LogP contribution in [0.15, 0.2) is 66.7 Å². The number of carbonyl (C=O) groups excluding carboxylic acids is 1. The lowest BCUT2D eigenvalue weighted by atomic mass is 9.95. The van der Waals surface area contributed by atoms with E-state index in [0.717, 1.165) is 24.1 Å². The van der Waals surface area contributed by atoms with Gasteiger partial charge in [0.25, 0.3) is 0 Å². The first-order valence-electron chi connectivity index (χ1n) is 10.2. The zero-order chi connectivity index (χ0) is 21.8. The molecule has 3 aromatic rings. The number of nitrogens with one attached hydrogen (secondary N) is 1. The molecule has 0 aromatic heterocycles. The van der Waals surface area contributed by atoms with E-state index in [-0.39, 0.29) is 11.7 Å². The molecule has 0 fully saturated rings. The molecule has 1 atom stereocenters. The monoisotopic (exact) mass is 420 g/mol. The number of amides is 1. The highest BCUT2D eigenvalue weighted by Gasteiger charge is 2.31. The molecule has 0 saturated carbocycles. The Morgan fingerprint density at radius 1 is 0.968 bits per heavy atom. The molecular formula is C25H25FN2O3. The molecule has 0 aliphatic carbocycles. The van der Waals surface area contributed by atoms with Gasteiger partial charge in [0.05, 0.1) is 14.2 Å². The lowest BCUT2D eigenvalue weighted by Gasteiger charge is -2.35. The highest BCUT2D eigenvalue weighted by atomic mass is 19.1. The minimum Gasteiger partial charge on any atom is -0.493 e. The Hall–Kier alpha value is -3.38. The number of nitrogens with zero attached hydrogens (tertiary/aromatic N) is 1. The summed E-state index contributed by atoms with van der Waals surface area (Å²) in [6.45, 7) is 1.32. The van der Waals surface area contributed by atoms with Crippen molar-refractivity contribution in [1.82, 2.24) is 4.90 Å². The van der Waals surface area contributed by atoms with Gasteiger partial charge < -0.3 is 14.8 Å². The molecule has 31 heavy (non-hydrogen) atoms. The van der Waals surface area contributed by atoms with Crippen LogP contribution in [0.4, 0.5) is 10.1 Å². The average Bonchev–Trinajstić information content (AvgIpc) is 2.80. The molecular weight excluding hydrogens is 395 g/mol. The molecule has 1 heterocycles. The molecule has 0 radical (unpaired) electrons. The summed E-state index contributed by atoms with van der Waals surface area (Å²) in [5.41, 5.74) is 3.78. The van der Waals surface area contributed by atoms with E-state index >= 15 is 0 Å². The lowest BCUT2D eigenvalue weighted by molar-refractivity contribution is -0.122. The maximum atomic E-state index is 13.3. The van der Waals surface area contributed by atoms with Crippen molar-refractivity contribution in [2.45, 2.75) is 19.0 Å². The second-order valence-corrected chi connectivity index (χ2v) is 7.51. The smallest absolute Gasteiger partial charge is 0.246 e. The Balaban J connectivity index is 1.63. The highest BCUT2D eigenvalue weighted by molar-refractivity contribution is 5.95. The number of hydrogen-bond acceptors (Lipinski definition) is 4. The molecule has 4 rings (SSSR count). The maximum absolute atomic E-state index is 13.3. The summed E-state index contributed by atoms with van der Waals surface area (Å²) >= 11 is 0. The molecule has 5 nitrogen and oxygen atoms in total. The Morgan fingerprint density at radius 3 is 2.26 bits per heavy atom. The van der Waals surface area contributed by atoms with E-state index in [9.17, 15) is 9.18 Å². The third kappa shape index (κ3) is 4.54. The number of anilines is 1. The number of hydrogen-bond donors (Lipinski definition) is 1. The van der Waals surface area contributed by atoms with E-state index in [1.807, 2.05) is 42.5 Å². The van der Waals surface area contributed by atoms with Crippen molar-refractivity contribution < 1.29 is 18.7 Å². The van der Waals surface area contributed by atoms with Crippen molar-refractivity contribution >= 4 is 11.6 Å².